The van der Waals surface area contributed by atoms with Crippen molar-refractivity contribution in [1.82, 2.24) is 19.9 Å². The second-order valence-electron chi connectivity index (χ2n) is 7.32. The first-order chi connectivity index (χ1) is 15.4. The number of carbonyl (C=O) groups excluding carboxylic acids is 1. The number of anilines is 1. The molecule has 0 saturated heterocycles. The molecule has 0 bridgehead atoms. The van der Waals surface area contributed by atoms with Gasteiger partial charge in [-0.3, -0.25) is 4.79 Å². The summed E-state index contributed by atoms with van der Waals surface area (Å²) in [4.78, 5) is 21.5. The van der Waals surface area contributed by atoms with Gasteiger partial charge in [-0.05, 0) is 37.1 Å². The average Bonchev–Trinajstić information content (AvgIpc) is 3.29. The Morgan fingerprint density at radius 3 is 2.72 bits per heavy atom. The lowest BCUT2D eigenvalue weighted by atomic mass is 10.1. The molecule has 0 radical (unpaired) electrons. The molecule has 0 aliphatic rings. The standard InChI is InChI=1S/C22H25ClFN5O3/c1-3-16(11-30)26-22-25-9-13(2)20(28-22)29-7-6-15(10-29)21(32)27-19(12-31)14-4-5-18(24)17(23)8-14/h4-10,16,19,30-31H,3,11-12H2,1-2H3,(H,27,32)(H,25,26,28)/t16-,19-/m1/s1. The zero-order chi connectivity index (χ0) is 23.3. The van der Waals surface area contributed by atoms with Crippen molar-refractivity contribution in [2.75, 3.05) is 18.5 Å². The summed E-state index contributed by atoms with van der Waals surface area (Å²) in [5, 5.41) is 24.8. The number of nitrogens with zero attached hydrogens (tertiary/aromatic N) is 3. The highest BCUT2D eigenvalue weighted by Gasteiger charge is 2.18. The molecule has 1 aromatic carbocycles. The van der Waals surface area contributed by atoms with Crippen LogP contribution in [-0.2, 0) is 0 Å². The Morgan fingerprint density at radius 1 is 1.28 bits per heavy atom. The van der Waals surface area contributed by atoms with Crippen LogP contribution in [0.15, 0.2) is 42.9 Å². The number of hydrogen-bond donors (Lipinski definition) is 4. The van der Waals surface area contributed by atoms with Crippen LogP contribution < -0.4 is 10.6 Å². The topological polar surface area (TPSA) is 112 Å². The van der Waals surface area contributed by atoms with E-state index >= 15 is 0 Å². The van der Waals surface area contributed by atoms with Gasteiger partial charge in [-0.15, -0.1) is 0 Å². The Balaban J connectivity index is 1.78. The van der Waals surface area contributed by atoms with Crippen LogP contribution in [0, 0.1) is 12.7 Å². The number of amides is 1. The molecule has 2 atom stereocenters. The summed E-state index contributed by atoms with van der Waals surface area (Å²) in [5.41, 5.74) is 1.64. The van der Waals surface area contributed by atoms with Crippen LogP contribution in [0.3, 0.4) is 0 Å². The van der Waals surface area contributed by atoms with Crippen molar-refractivity contribution < 1.29 is 19.4 Å². The fourth-order valence-corrected chi connectivity index (χ4v) is 3.28. The largest absolute Gasteiger partial charge is 0.394 e. The van der Waals surface area contributed by atoms with Gasteiger partial charge < -0.3 is 25.4 Å². The number of carbonyl (C=O) groups is 1. The third kappa shape index (κ3) is 5.42. The first-order valence-corrected chi connectivity index (χ1v) is 10.5. The van der Waals surface area contributed by atoms with Gasteiger partial charge in [0, 0.05) is 24.2 Å². The van der Waals surface area contributed by atoms with Gasteiger partial charge in [0.2, 0.25) is 5.95 Å². The zero-order valence-corrected chi connectivity index (χ0v) is 18.5. The minimum Gasteiger partial charge on any atom is -0.394 e. The molecule has 4 N–H and O–H groups in total. The summed E-state index contributed by atoms with van der Waals surface area (Å²) < 4.78 is 15.1. The van der Waals surface area contributed by atoms with Crippen molar-refractivity contribution >= 4 is 23.5 Å². The molecule has 0 aliphatic heterocycles. The van der Waals surface area contributed by atoms with Crippen molar-refractivity contribution in [3.63, 3.8) is 0 Å². The summed E-state index contributed by atoms with van der Waals surface area (Å²) >= 11 is 5.81. The molecule has 32 heavy (non-hydrogen) atoms. The SMILES string of the molecule is CC[C@H](CO)Nc1ncc(C)c(-n2ccc(C(=O)N[C@H](CO)c3ccc(F)c(Cl)c3)c2)n1. The van der Waals surface area contributed by atoms with E-state index in [2.05, 4.69) is 20.6 Å². The fourth-order valence-electron chi connectivity index (χ4n) is 3.09. The third-order valence-electron chi connectivity index (χ3n) is 5.02. The van der Waals surface area contributed by atoms with Crippen molar-refractivity contribution in [2.45, 2.75) is 32.4 Å². The average molecular weight is 462 g/mol. The number of aliphatic hydroxyl groups excluding tert-OH is 2. The molecule has 10 heteroatoms. The Bertz CT molecular complexity index is 1090. The van der Waals surface area contributed by atoms with E-state index in [0.717, 1.165) is 5.56 Å². The van der Waals surface area contributed by atoms with Gasteiger partial charge in [0.05, 0.1) is 35.9 Å². The van der Waals surface area contributed by atoms with E-state index in [1.54, 1.807) is 29.2 Å². The quantitative estimate of drug-likeness (QED) is 0.389. The highest BCUT2D eigenvalue weighted by molar-refractivity contribution is 6.30. The molecule has 0 aliphatic carbocycles. The van der Waals surface area contributed by atoms with E-state index < -0.39 is 17.8 Å². The fraction of sp³-hybridized carbons (Fsp3) is 0.318. The van der Waals surface area contributed by atoms with Crippen LogP contribution >= 0.6 is 11.6 Å². The lowest BCUT2D eigenvalue weighted by Gasteiger charge is -2.17. The van der Waals surface area contributed by atoms with Gasteiger partial charge in [-0.2, -0.15) is 4.98 Å². The Labute approximate surface area is 190 Å². The molecular weight excluding hydrogens is 437 g/mol. The number of nitrogens with one attached hydrogen (secondary N) is 2. The Kier molecular flexibility index (Phi) is 7.79. The van der Waals surface area contributed by atoms with Gasteiger partial charge in [0.25, 0.3) is 5.91 Å². The van der Waals surface area contributed by atoms with Crippen LogP contribution in [-0.4, -0.2) is 49.9 Å². The minimum atomic E-state index is -0.745. The Hall–Kier alpha value is -3.01. The summed E-state index contributed by atoms with van der Waals surface area (Å²) in [6.45, 7) is 3.38. The first kappa shape index (κ1) is 23.6. The van der Waals surface area contributed by atoms with E-state index in [9.17, 15) is 19.4 Å². The Morgan fingerprint density at radius 2 is 2.06 bits per heavy atom. The minimum absolute atomic E-state index is 0.0395. The first-order valence-electron chi connectivity index (χ1n) is 10.1. The molecular formula is C22H25ClFN5O3. The normalized spacial score (nSPS) is 12.9. The number of hydrogen-bond acceptors (Lipinski definition) is 6. The maximum atomic E-state index is 13.4. The molecule has 1 amide bonds. The number of rotatable bonds is 9. The van der Waals surface area contributed by atoms with E-state index in [0.29, 0.717) is 29.3 Å². The molecule has 8 nitrogen and oxygen atoms in total. The number of aryl methyl sites for hydroxylation is 1. The molecule has 0 fully saturated rings. The van der Waals surface area contributed by atoms with E-state index in [-0.39, 0.29) is 24.3 Å². The summed E-state index contributed by atoms with van der Waals surface area (Å²) in [5.74, 6) is -0.0356. The monoisotopic (exact) mass is 461 g/mol. The number of aliphatic hydroxyl groups is 2. The molecule has 3 rings (SSSR count). The second kappa shape index (κ2) is 10.5. The highest BCUT2D eigenvalue weighted by Crippen LogP contribution is 2.22. The summed E-state index contributed by atoms with van der Waals surface area (Å²) in [6, 6.07) is 4.74. The predicted molar refractivity (Wildman–Crippen MR) is 120 cm³/mol. The van der Waals surface area contributed by atoms with Crippen molar-refractivity contribution in [2.24, 2.45) is 0 Å². The van der Waals surface area contributed by atoms with Gasteiger partial charge in [0.1, 0.15) is 11.6 Å². The molecule has 2 aromatic heterocycles. The van der Waals surface area contributed by atoms with Gasteiger partial charge in [0.15, 0.2) is 0 Å². The third-order valence-corrected chi connectivity index (χ3v) is 5.31. The van der Waals surface area contributed by atoms with Crippen LogP contribution in [0.2, 0.25) is 5.02 Å². The van der Waals surface area contributed by atoms with Crippen LogP contribution in [0.5, 0.6) is 0 Å². The maximum Gasteiger partial charge on any atom is 0.253 e. The van der Waals surface area contributed by atoms with Crippen molar-refractivity contribution in [3.05, 3.63) is 70.4 Å². The molecule has 170 valence electrons. The molecule has 0 spiro atoms. The van der Waals surface area contributed by atoms with Gasteiger partial charge in [-0.25, -0.2) is 9.37 Å². The molecule has 3 aromatic rings. The number of benzene rings is 1. The van der Waals surface area contributed by atoms with Gasteiger partial charge in [-0.1, -0.05) is 24.6 Å². The van der Waals surface area contributed by atoms with E-state index in [1.807, 2.05) is 13.8 Å². The molecule has 2 heterocycles. The summed E-state index contributed by atoms with van der Waals surface area (Å²) in [7, 11) is 0. The summed E-state index contributed by atoms with van der Waals surface area (Å²) in [6.07, 6.45) is 5.68. The lowest BCUT2D eigenvalue weighted by Crippen LogP contribution is -2.30. The maximum absolute atomic E-state index is 13.4. The highest BCUT2D eigenvalue weighted by atomic mass is 35.5. The molecule has 0 unspecified atom stereocenters. The van der Waals surface area contributed by atoms with Gasteiger partial charge >= 0.3 is 0 Å². The van der Waals surface area contributed by atoms with E-state index in [4.69, 9.17) is 11.6 Å². The van der Waals surface area contributed by atoms with Crippen molar-refractivity contribution in [1.29, 1.82) is 0 Å². The number of aromatic nitrogens is 3. The second-order valence-corrected chi connectivity index (χ2v) is 7.73. The lowest BCUT2D eigenvalue weighted by molar-refractivity contribution is 0.0916. The van der Waals surface area contributed by atoms with Crippen LogP contribution in [0.4, 0.5) is 10.3 Å². The van der Waals surface area contributed by atoms with E-state index in [1.165, 1.54) is 18.2 Å². The zero-order valence-electron chi connectivity index (χ0n) is 17.7. The van der Waals surface area contributed by atoms with Crippen LogP contribution in [0.25, 0.3) is 5.82 Å². The smallest absolute Gasteiger partial charge is 0.253 e. The van der Waals surface area contributed by atoms with Crippen molar-refractivity contribution in [3.8, 4) is 5.82 Å². The number of halogens is 2. The predicted octanol–water partition coefficient (Wildman–Crippen LogP) is 3.01. The molecule has 0 saturated carbocycles. The van der Waals surface area contributed by atoms with Crippen LogP contribution in [0.1, 0.15) is 40.9 Å².